The Hall–Kier alpha value is -3.10. The molecule has 0 bridgehead atoms. The maximum atomic E-state index is 12.9. The Kier molecular flexibility index (Phi) is 4.59. The number of rotatable bonds is 4. The molecule has 24 heavy (non-hydrogen) atoms. The van der Waals surface area contributed by atoms with Crippen LogP contribution in [0.3, 0.4) is 0 Å². The Bertz CT molecular complexity index is 935. The average Bonchev–Trinajstić information content (AvgIpc) is 3.09. The van der Waals surface area contributed by atoms with Gasteiger partial charge < -0.3 is 0 Å². The van der Waals surface area contributed by atoms with Crippen molar-refractivity contribution < 1.29 is 9.18 Å². The Morgan fingerprint density at radius 1 is 1.12 bits per heavy atom. The van der Waals surface area contributed by atoms with Gasteiger partial charge >= 0.3 is 0 Å². The van der Waals surface area contributed by atoms with Gasteiger partial charge in [0.25, 0.3) is 0 Å². The first kappa shape index (κ1) is 15.8. The molecule has 116 valence electrons. The maximum Gasteiger partial charge on any atom is 0.185 e. The van der Waals surface area contributed by atoms with Crippen LogP contribution in [-0.2, 0) is 0 Å². The summed E-state index contributed by atoms with van der Waals surface area (Å²) in [6.07, 6.45) is 3.09. The van der Waals surface area contributed by atoms with Crippen molar-refractivity contribution in [3.8, 4) is 16.6 Å². The first-order valence-electron chi connectivity index (χ1n) is 7.10. The summed E-state index contributed by atoms with van der Waals surface area (Å²) >= 11 is 1.43. The molecule has 1 heterocycles. The Morgan fingerprint density at radius 2 is 1.83 bits per heavy atom. The van der Waals surface area contributed by atoms with Gasteiger partial charge in [0.2, 0.25) is 0 Å². The summed E-state index contributed by atoms with van der Waals surface area (Å²) in [4.78, 5) is 16.5. The van der Waals surface area contributed by atoms with E-state index in [-0.39, 0.29) is 11.6 Å². The van der Waals surface area contributed by atoms with Crippen molar-refractivity contribution >= 4 is 23.2 Å². The SMILES string of the molecule is N#Cc1ccc(C(=O)/C=C/c2csc(-c3ccc(F)cc3)n2)cc1. The van der Waals surface area contributed by atoms with Crippen molar-refractivity contribution in [2.45, 2.75) is 0 Å². The fourth-order valence-electron chi connectivity index (χ4n) is 2.05. The summed E-state index contributed by atoms with van der Waals surface area (Å²) in [5.41, 5.74) is 2.53. The van der Waals surface area contributed by atoms with E-state index in [0.29, 0.717) is 16.8 Å². The average molecular weight is 334 g/mol. The van der Waals surface area contributed by atoms with Crippen molar-refractivity contribution in [3.05, 3.63) is 82.6 Å². The second kappa shape index (κ2) is 6.99. The number of aromatic nitrogens is 1. The van der Waals surface area contributed by atoms with Crippen LogP contribution in [0.1, 0.15) is 21.6 Å². The standard InChI is InChI=1S/C19H11FN2OS/c20-16-7-5-15(6-8-16)19-22-17(12-24-19)9-10-18(23)14-3-1-13(11-21)2-4-14/h1-10,12H/b10-9+. The summed E-state index contributed by atoms with van der Waals surface area (Å²) in [5.74, 6) is -0.445. The first-order valence-corrected chi connectivity index (χ1v) is 7.98. The molecule has 0 aliphatic heterocycles. The van der Waals surface area contributed by atoms with Crippen LogP contribution in [0, 0.1) is 17.1 Å². The van der Waals surface area contributed by atoms with Gasteiger partial charge in [-0.2, -0.15) is 5.26 Å². The molecule has 0 unspecified atom stereocenters. The zero-order valence-electron chi connectivity index (χ0n) is 12.4. The lowest BCUT2D eigenvalue weighted by atomic mass is 10.1. The quantitative estimate of drug-likeness (QED) is 0.512. The Balaban J connectivity index is 1.73. The van der Waals surface area contributed by atoms with E-state index in [1.54, 1.807) is 42.5 Å². The van der Waals surface area contributed by atoms with Gasteiger partial charge in [0.15, 0.2) is 5.78 Å². The summed E-state index contributed by atoms with van der Waals surface area (Å²) in [6.45, 7) is 0. The number of carbonyl (C=O) groups is 1. The number of hydrogen-bond acceptors (Lipinski definition) is 4. The Morgan fingerprint density at radius 3 is 2.50 bits per heavy atom. The number of allylic oxidation sites excluding steroid dienone is 1. The predicted molar refractivity (Wildman–Crippen MR) is 92.0 cm³/mol. The molecule has 0 atom stereocenters. The summed E-state index contributed by atoms with van der Waals surface area (Å²) < 4.78 is 12.9. The molecule has 0 saturated carbocycles. The highest BCUT2D eigenvalue weighted by Gasteiger charge is 2.05. The number of carbonyl (C=O) groups excluding carboxylic acids is 1. The van der Waals surface area contributed by atoms with Gasteiger partial charge in [0, 0.05) is 16.5 Å². The van der Waals surface area contributed by atoms with E-state index in [4.69, 9.17) is 5.26 Å². The maximum absolute atomic E-state index is 12.9. The number of hydrogen-bond donors (Lipinski definition) is 0. The molecule has 0 aliphatic rings. The summed E-state index contributed by atoms with van der Waals surface area (Å²) in [5, 5.41) is 11.4. The van der Waals surface area contributed by atoms with Crippen molar-refractivity contribution in [1.82, 2.24) is 4.98 Å². The van der Waals surface area contributed by atoms with Gasteiger partial charge in [-0.1, -0.05) is 0 Å². The van der Waals surface area contributed by atoms with Crippen molar-refractivity contribution in [2.75, 3.05) is 0 Å². The van der Waals surface area contributed by atoms with Gasteiger partial charge in [-0.3, -0.25) is 4.79 Å². The van der Waals surface area contributed by atoms with E-state index in [0.717, 1.165) is 10.6 Å². The van der Waals surface area contributed by atoms with Crippen molar-refractivity contribution in [2.24, 2.45) is 0 Å². The minimum absolute atomic E-state index is 0.157. The zero-order valence-corrected chi connectivity index (χ0v) is 13.3. The van der Waals surface area contributed by atoms with E-state index in [1.807, 2.05) is 11.4 Å². The molecule has 3 aromatic rings. The van der Waals surface area contributed by atoms with Crippen LogP contribution in [0.25, 0.3) is 16.6 Å². The topological polar surface area (TPSA) is 53.8 Å². The van der Waals surface area contributed by atoms with E-state index in [1.165, 1.54) is 29.5 Å². The normalized spacial score (nSPS) is 10.7. The third-order valence-electron chi connectivity index (χ3n) is 3.32. The highest BCUT2D eigenvalue weighted by Crippen LogP contribution is 2.24. The van der Waals surface area contributed by atoms with Crippen LogP contribution in [0.2, 0.25) is 0 Å². The third-order valence-corrected chi connectivity index (χ3v) is 4.23. The molecule has 3 rings (SSSR count). The van der Waals surface area contributed by atoms with Gasteiger partial charge in [-0.25, -0.2) is 9.37 Å². The molecule has 1 aromatic heterocycles. The van der Waals surface area contributed by atoms with Gasteiger partial charge in [0.05, 0.1) is 17.3 Å². The monoisotopic (exact) mass is 334 g/mol. The number of halogens is 1. The van der Waals surface area contributed by atoms with Crippen LogP contribution in [0.15, 0.2) is 60.0 Å². The molecule has 0 saturated heterocycles. The number of nitrogens with zero attached hydrogens (tertiary/aromatic N) is 2. The highest BCUT2D eigenvalue weighted by atomic mass is 32.1. The molecule has 0 aliphatic carbocycles. The van der Waals surface area contributed by atoms with E-state index >= 15 is 0 Å². The lowest BCUT2D eigenvalue weighted by Gasteiger charge is -1.95. The lowest BCUT2D eigenvalue weighted by Crippen LogP contribution is -1.93. The molecular formula is C19H11FN2OS. The highest BCUT2D eigenvalue weighted by molar-refractivity contribution is 7.13. The lowest BCUT2D eigenvalue weighted by molar-refractivity contribution is 0.104. The molecule has 3 nitrogen and oxygen atoms in total. The molecule has 0 amide bonds. The second-order valence-electron chi connectivity index (χ2n) is 4.97. The smallest absolute Gasteiger partial charge is 0.185 e. The van der Waals surface area contributed by atoms with Crippen molar-refractivity contribution in [3.63, 3.8) is 0 Å². The summed E-state index contributed by atoms with van der Waals surface area (Å²) in [7, 11) is 0. The molecule has 0 spiro atoms. The second-order valence-corrected chi connectivity index (χ2v) is 5.83. The number of nitriles is 1. The minimum atomic E-state index is -0.288. The Labute approximate surface area is 142 Å². The van der Waals surface area contributed by atoms with Crippen LogP contribution >= 0.6 is 11.3 Å². The fraction of sp³-hybridized carbons (Fsp3) is 0. The molecule has 0 fully saturated rings. The predicted octanol–water partition coefficient (Wildman–Crippen LogP) is 4.72. The van der Waals surface area contributed by atoms with Crippen LogP contribution < -0.4 is 0 Å². The fourth-order valence-corrected chi connectivity index (χ4v) is 2.85. The minimum Gasteiger partial charge on any atom is -0.289 e. The third kappa shape index (κ3) is 3.62. The number of thiazole rings is 1. The van der Waals surface area contributed by atoms with E-state index in [9.17, 15) is 9.18 Å². The van der Waals surface area contributed by atoms with E-state index < -0.39 is 0 Å². The van der Waals surface area contributed by atoms with Gasteiger partial charge in [0.1, 0.15) is 10.8 Å². The zero-order chi connectivity index (χ0) is 16.9. The van der Waals surface area contributed by atoms with Crippen LogP contribution in [-0.4, -0.2) is 10.8 Å². The number of ketones is 1. The largest absolute Gasteiger partial charge is 0.289 e. The molecule has 0 N–H and O–H groups in total. The molecule has 5 heteroatoms. The van der Waals surface area contributed by atoms with Crippen LogP contribution in [0.5, 0.6) is 0 Å². The van der Waals surface area contributed by atoms with Crippen molar-refractivity contribution in [1.29, 1.82) is 5.26 Å². The van der Waals surface area contributed by atoms with E-state index in [2.05, 4.69) is 4.98 Å². The van der Waals surface area contributed by atoms with Gasteiger partial charge in [-0.05, 0) is 60.7 Å². The number of benzene rings is 2. The molecular weight excluding hydrogens is 323 g/mol. The molecule has 2 aromatic carbocycles. The van der Waals surface area contributed by atoms with Gasteiger partial charge in [-0.15, -0.1) is 11.3 Å². The molecule has 0 radical (unpaired) electrons. The first-order chi connectivity index (χ1) is 11.7. The summed E-state index contributed by atoms with van der Waals surface area (Å²) in [6, 6.07) is 14.6. The van der Waals surface area contributed by atoms with Crippen LogP contribution in [0.4, 0.5) is 4.39 Å².